The zero-order chi connectivity index (χ0) is 16.1. The van der Waals surface area contributed by atoms with Crippen molar-refractivity contribution < 1.29 is 9.21 Å². The van der Waals surface area contributed by atoms with Gasteiger partial charge in [0.2, 0.25) is 11.8 Å². The van der Waals surface area contributed by atoms with Crippen molar-refractivity contribution >= 4 is 5.91 Å². The summed E-state index contributed by atoms with van der Waals surface area (Å²) in [6.07, 6.45) is 3.42. The Morgan fingerprint density at radius 1 is 1.30 bits per heavy atom. The molecule has 1 saturated heterocycles. The number of likely N-dealkylation sites (tertiary alicyclic amines) is 1. The molecule has 0 radical (unpaired) electrons. The average Bonchev–Trinajstić information content (AvgIpc) is 2.99. The van der Waals surface area contributed by atoms with Gasteiger partial charge in [0, 0.05) is 25.1 Å². The van der Waals surface area contributed by atoms with Crippen LogP contribution in [0.2, 0.25) is 0 Å². The molecule has 2 aromatic rings. The van der Waals surface area contributed by atoms with E-state index in [1.54, 1.807) is 6.92 Å². The van der Waals surface area contributed by atoms with Crippen molar-refractivity contribution in [1.82, 2.24) is 20.4 Å². The Labute approximate surface area is 135 Å². The molecule has 1 aliphatic heterocycles. The summed E-state index contributed by atoms with van der Waals surface area (Å²) in [5.74, 6) is 1.21. The fourth-order valence-electron chi connectivity index (χ4n) is 2.98. The molecule has 0 aliphatic carbocycles. The lowest BCUT2D eigenvalue weighted by Crippen LogP contribution is -2.46. The van der Waals surface area contributed by atoms with Crippen molar-refractivity contribution in [2.24, 2.45) is 0 Å². The number of nitrogens with one attached hydrogen (secondary N) is 1. The number of aryl methyl sites for hydroxylation is 1. The summed E-state index contributed by atoms with van der Waals surface area (Å²) < 4.78 is 5.48. The molecule has 6 heteroatoms. The highest BCUT2D eigenvalue weighted by Gasteiger charge is 2.24. The Hall–Kier alpha value is -2.21. The van der Waals surface area contributed by atoms with Crippen molar-refractivity contribution in [1.29, 1.82) is 0 Å². The third-order valence-electron chi connectivity index (χ3n) is 4.19. The topological polar surface area (TPSA) is 71.3 Å². The fourth-order valence-corrected chi connectivity index (χ4v) is 2.98. The van der Waals surface area contributed by atoms with Crippen LogP contribution in [0, 0.1) is 6.92 Å². The van der Waals surface area contributed by atoms with Crippen molar-refractivity contribution in [2.75, 3.05) is 13.1 Å². The van der Waals surface area contributed by atoms with Crippen LogP contribution in [0.25, 0.3) is 0 Å². The van der Waals surface area contributed by atoms with Gasteiger partial charge in [-0.05, 0) is 31.5 Å². The Kier molecular flexibility index (Phi) is 5.02. The van der Waals surface area contributed by atoms with Gasteiger partial charge in [-0.1, -0.05) is 24.6 Å². The van der Waals surface area contributed by atoms with Gasteiger partial charge in [0.1, 0.15) is 0 Å². The van der Waals surface area contributed by atoms with Gasteiger partial charge in [0.05, 0.1) is 6.54 Å². The van der Waals surface area contributed by atoms with Crippen LogP contribution in [0.3, 0.4) is 0 Å². The van der Waals surface area contributed by atoms with E-state index in [2.05, 4.69) is 20.4 Å². The summed E-state index contributed by atoms with van der Waals surface area (Å²) in [5, 5.41) is 11.0. The van der Waals surface area contributed by atoms with Gasteiger partial charge in [-0.3, -0.25) is 9.69 Å². The van der Waals surface area contributed by atoms with E-state index >= 15 is 0 Å². The third-order valence-corrected chi connectivity index (χ3v) is 4.19. The summed E-state index contributed by atoms with van der Waals surface area (Å²) in [6.45, 7) is 4.07. The van der Waals surface area contributed by atoms with E-state index < -0.39 is 0 Å². The molecule has 1 unspecified atom stereocenters. The Morgan fingerprint density at radius 3 is 2.87 bits per heavy atom. The number of carbonyl (C=O) groups is 1. The average molecular weight is 314 g/mol. The maximum absolute atomic E-state index is 12.2. The van der Waals surface area contributed by atoms with Gasteiger partial charge in [-0.25, -0.2) is 0 Å². The first-order valence-corrected chi connectivity index (χ1v) is 8.08. The first-order valence-electron chi connectivity index (χ1n) is 8.08. The SMILES string of the molecule is Cc1nnc(CN2CCCCC2CNC(=O)c2ccccc2)o1. The molecule has 1 aromatic carbocycles. The predicted octanol–water partition coefficient (Wildman–Crippen LogP) is 2.16. The molecule has 6 nitrogen and oxygen atoms in total. The van der Waals surface area contributed by atoms with E-state index in [9.17, 15) is 4.79 Å². The van der Waals surface area contributed by atoms with Crippen LogP contribution >= 0.6 is 0 Å². The number of benzene rings is 1. The first kappa shape index (κ1) is 15.7. The van der Waals surface area contributed by atoms with Crippen LogP contribution in [0.15, 0.2) is 34.7 Å². The van der Waals surface area contributed by atoms with Crippen LogP contribution in [0.4, 0.5) is 0 Å². The summed E-state index contributed by atoms with van der Waals surface area (Å²) in [5.41, 5.74) is 0.697. The maximum atomic E-state index is 12.2. The minimum atomic E-state index is -0.0234. The molecule has 1 aliphatic rings. The van der Waals surface area contributed by atoms with Crippen molar-refractivity contribution in [3.63, 3.8) is 0 Å². The molecule has 0 bridgehead atoms. The Morgan fingerprint density at radius 2 is 2.13 bits per heavy atom. The molecule has 1 amide bonds. The standard InChI is InChI=1S/C17H22N4O2/c1-13-19-20-16(23-13)12-21-10-6-5-9-15(21)11-18-17(22)14-7-3-2-4-8-14/h2-4,7-8,15H,5-6,9-12H2,1H3,(H,18,22). The molecule has 23 heavy (non-hydrogen) atoms. The smallest absolute Gasteiger partial charge is 0.251 e. The number of hydrogen-bond acceptors (Lipinski definition) is 5. The molecular weight excluding hydrogens is 292 g/mol. The first-order chi connectivity index (χ1) is 11.2. The molecule has 1 aromatic heterocycles. The van der Waals surface area contributed by atoms with Crippen LogP contribution < -0.4 is 5.32 Å². The van der Waals surface area contributed by atoms with Gasteiger partial charge >= 0.3 is 0 Å². The summed E-state index contributed by atoms with van der Waals surface area (Å²) >= 11 is 0. The second-order valence-electron chi connectivity index (χ2n) is 5.91. The van der Waals surface area contributed by atoms with Crippen molar-refractivity contribution in [2.45, 2.75) is 38.8 Å². The van der Waals surface area contributed by atoms with Crippen LogP contribution in [0.1, 0.15) is 41.4 Å². The molecule has 2 heterocycles. The Bertz CT molecular complexity index is 641. The van der Waals surface area contributed by atoms with E-state index in [0.29, 0.717) is 36.5 Å². The van der Waals surface area contributed by atoms with Gasteiger partial charge in [0.25, 0.3) is 5.91 Å². The van der Waals surface area contributed by atoms with Gasteiger partial charge in [-0.15, -0.1) is 10.2 Å². The quantitative estimate of drug-likeness (QED) is 0.915. The van der Waals surface area contributed by atoms with Crippen LogP contribution in [-0.4, -0.2) is 40.1 Å². The normalized spacial score (nSPS) is 18.7. The van der Waals surface area contributed by atoms with Crippen LogP contribution in [0.5, 0.6) is 0 Å². The predicted molar refractivity (Wildman–Crippen MR) is 85.9 cm³/mol. The monoisotopic (exact) mass is 314 g/mol. The van der Waals surface area contributed by atoms with E-state index in [-0.39, 0.29) is 5.91 Å². The van der Waals surface area contributed by atoms with E-state index in [1.807, 2.05) is 30.3 Å². The van der Waals surface area contributed by atoms with E-state index in [0.717, 1.165) is 19.4 Å². The Balaban J connectivity index is 1.57. The lowest BCUT2D eigenvalue weighted by molar-refractivity contribution is 0.0897. The zero-order valence-corrected chi connectivity index (χ0v) is 13.4. The minimum absolute atomic E-state index is 0.0234. The van der Waals surface area contributed by atoms with E-state index in [1.165, 1.54) is 6.42 Å². The molecule has 3 rings (SSSR count). The third kappa shape index (κ3) is 4.16. The minimum Gasteiger partial charge on any atom is -0.424 e. The molecule has 0 saturated carbocycles. The molecule has 1 N–H and O–H groups in total. The zero-order valence-electron chi connectivity index (χ0n) is 13.4. The number of nitrogens with zero attached hydrogens (tertiary/aromatic N) is 3. The number of carbonyl (C=O) groups excluding carboxylic acids is 1. The summed E-state index contributed by atoms with van der Waals surface area (Å²) in [4.78, 5) is 14.5. The molecule has 122 valence electrons. The number of hydrogen-bond donors (Lipinski definition) is 1. The molecule has 0 spiro atoms. The largest absolute Gasteiger partial charge is 0.424 e. The van der Waals surface area contributed by atoms with Crippen molar-refractivity contribution in [3.05, 3.63) is 47.7 Å². The van der Waals surface area contributed by atoms with Gasteiger partial charge in [-0.2, -0.15) is 0 Å². The summed E-state index contributed by atoms with van der Waals surface area (Å²) in [6, 6.07) is 9.62. The molecule has 1 fully saturated rings. The van der Waals surface area contributed by atoms with E-state index in [4.69, 9.17) is 4.42 Å². The highest BCUT2D eigenvalue weighted by atomic mass is 16.4. The number of aromatic nitrogens is 2. The maximum Gasteiger partial charge on any atom is 0.251 e. The number of rotatable bonds is 5. The fraction of sp³-hybridized carbons (Fsp3) is 0.471. The number of piperidine rings is 1. The van der Waals surface area contributed by atoms with Crippen molar-refractivity contribution in [3.8, 4) is 0 Å². The lowest BCUT2D eigenvalue weighted by atomic mass is 10.0. The van der Waals surface area contributed by atoms with Gasteiger partial charge < -0.3 is 9.73 Å². The second kappa shape index (κ2) is 7.37. The highest BCUT2D eigenvalue weighted by molar-refractivity contribution is 5.94. The lowest BCUT2D eigenvalue weighted by Gasteiger charge is -2.34. The molecular formula is C17H22N4O2. The summed E-state index contributed by atoms with van der Waals surface area (Å²) in [7, 11) is 0. The van der Waals surface area contributed by atoms with Gasteiger partial charge in [0.15, 0.2) is 0 Å². The number of amides is 1. The highest BCUT2D eigenvalue weighted by Crippen LogP contribution is 2.19. The molecule has 1 atom stereocenters. The second-order valence-corrected chi connectivity index (χ2v) is 5.91. The van der Waals surface area contributed by atoms with Crippen LogP contribution in [-0.2, 0) is 6.54 Å².